The number of furan rings is 1. The zero-order valence-corrected chi connectivity index (χ0v) is 29.3. The van der Waals surface area contributed by atoms with Gasteiger partial charge in [0, 0.05) is 67.8 Å². The molecule has 8 aromatic carbocycles. The van der Waals surface area contributed by atoms with E-state index in [2.05, 4.69) is 94.7 Å². The molecular formula is C46H36N4O3. The van der Waals surface area contributed by atoms with Gasteiger partial charge in [0.15, 0.2) is 0 Å². The lowest BCUT2D eigenvalue weighted by Gasteiger charge is -2.27. The molecule has 53 heavy (non-hydrogen) atoms. The molecule has 0 spiro atoms. The van der Waals surface area contributed by atoms with E-state index in [1.54, 1.807) is 14.2 Å². The van der Waals surface area contributed by atoms with E-state index >= 15 is 0 Å². The smallest absolute Gasteiger partial charge is 0.138 e. The van der Waals surface area contributed by atoms with Gasteiger partial charge in [-0.05, 0) is 108 Å². The first-order valence-corrected chi connectivity index (χ1v) is 17.4. The standard InChI is InChI=1S/C46H36N4O3/c1-51-35-23-19-33(20-24-35)49(31-15-11-29(47)12-16-31)41-27-43-45(39-9-5-3-7-37(39)41)46-40-10-6-4-8-38(40)42(28-44(46)53-43)50(32-17-13-30(48)14-18-32)34-21-25-36(52-2)26-22-34/h3-28H,47-48H2,1-2H3. The number of hydrogen-bond acceptors (Lipinski definition) is 7. The molecule has 0 fully saturated rings. The zero-order valence-electron chi connectivity index (χ0n) is 29.3. The fourth-order valence-electron chi connectivity index (χ4n) is 7.39. The molecular weight excluding hydrogens is 657 g/mol. The van der Waals surface area contributed by atoms with Gasteiger partial charge in [-0.25, -0.2) is 0 Å². The van der Waals surface area contributed by atoms with Crippen LogP contribution in [0.4, 0.5) is 45.5 Å². The topological polar surface area (TPSA) is 90.1 Å². The first-order valence-electron chi connectivity index (χ1n) is 17.4. The van der Waals surface area contributed by atoms with Crippen LogP contribution in [0.25, 0.3) is 43.5 Å². The summed E-state index contributed by atoms with van der Waals surface area (Å²) in [6.07, 6.45) is 0. The molecule has 0 radical (unpaired) electrons. The van der Waals surface area contributed by atoms with E-state index in [0.29, 0.717) is 11.4 Å². The summed E-state index contributed by atoms with van der Waals surface area (Å²) in [5, 5.41) is 6.50. The number of nitrogens with zero attached hydrogens (tertiary/aromatic N) is 2. The Labute approximate surface area is 306 Å². The Morgan fingerprint density at radius 3 is 1.08 bits per heavy atom. The van der Waals surface area contributed by atoms with Crippen molar-refractivity contribution in [2.75, 3.05) is 35.5 Å². The van der Waals surface area contributed by atoms with Crippen molar-refractivity contribution in [3.8, 4) is 11.5 Å². The van der Waals surface area contributed by atoms with E-state index in [9.17, 15) is 0 Å². The predicted octanol–water partition coefficient (Wildman–Crippen LogP) is 12.0. The second-order valence-electron chi connectivity index (χ2n) is 13.0. The maximum absolute atomic E-state index is 6.97. The molecule has 7 heteroatoms. The van der Waals surface area contributed by atoms with Gasteiger partial charge in [0.1, 0.15) is 22.7 Å². The monoisotopic (exact) mass is 692 g/mol. The summed E-state index contributed by atoms with van der Waals surface area (Å²) in [6, 6.07) is 53.5. The average Bonchev–Trinajstić information content (AvgIpc) is 3.59. The van der Waals surface area contributed by atoms with Crippen LogP contribution in [0.1, 0.15) is 0 Å². The van der Waals surface area contributed by atoms with Crippen LogP contribution in [0.2, 0.25) is 0 Å². The van der Waals surface area contributed by atoms with Crippen molar-refractivity contribution in [3.63, 3.8) is 0 Å². The normalized spacial score (nSPS) is 11.4. The summed E-state index contributed by atoms with van der Waals surface area (Å²) in [5.41, 5.74) is 21.1. The first kappa shape index (κ1) is 31.8. The number of nitrogen functional groups attached to an aromatic ring is 2. The Hall–Kier alpha value is -7.12. The van der Waals surface area contributed by atoms with Gasteiger partial charge in [0.2, 0.25) is 0 Å². The molecule has 7 nitrogen and oxygen atoms in total. The largest absolute Gasteiger partial charge is 0.497 e. The Bertz CT molecular complexity index is 2570. The summed E-state index contributed by atoms with van der Waals surface area (Å²) in [4.78, 5) is 4.48. The summed E-state index contributed by atoms with van der Waals surface area (Å²) in [7, 11) is 3.35. The van der Waals surface area contributed by atoms with Crippen LogP contribution < -0.4 is 30.7 Å². The van der Waals surface area contributed by atoms with Crippen molar-refractivity contribution in [1.29, 1.82) is 0 Å². The van der Waals surface area contributed by atoms with Crippen LogP contribution in [0.3, 0.4) is 0 Å². The Morgan fingerprint density at radius 2 is 0.736 bits per heavy atom. The Balaban J connectivity index is 1.33. The van der Waals surface area contributed by atoms with Gasteiger partial charge in [-0.3, -0.25) is 0 Å². The quantitative estimate of drug-likeness (QED) is 0.153. The fourth-order valence-corrected chi connectivity index (χ4v) is 7.39. The first-order chi connectivity index (χ1) is 26.0. The summed E-state index contributed by atoms with van der Waals surface area (Å²) < 4.78 is 18.0. The van der Waals surface area contributed by atoms with Crippen molar-refractivity contribution in [3.05, 3.63) is 158 Å². The molecule has 0 aliphatic rings. The molecule has 1 aromatic heterocycles. The minimum Gasteiger partial charge on any atom is -0.497 e. The molecule has 4 N–H and O–H groups in total. The van der Waals surface area contributed by atoms with E-state index in [4.69, 9.17) is 25.4 Å². The second-order valence-corrected chi connectivity index (χ2v) is 13.0. The highest BCUT2D eigenvalue weighted by atomic mass is 16.5. The zero-order chi connectivity index (χ0) is 36.1. The van der Waals surface area contributed by atoms with Crippen LogP contribution in [0.15, 0.2) is 162 Å². The van der Waals surface area contributed by atoms with Gasteiger partial charge < -0.3 is 35.2 Å². The maximum Gasteiger partial charge on any atom is 0.138 e. The van der Waals surface area contributed by atoms with Gasteiger partial charge in [0.25, 0.3) is 0 Å². The molecule has 0 atom stereocenters. The average molecular weight is 693 g/mol. The maximum atomic E-state index is 6.97. The van der Waals surface area contributed by atoms with Crippen molar-refractivity contribution in [2.24, 2.45) is 0 Å². The number of nitrogens with two attached hydrogens (primary N) is 2. The molecule has 9 aromatic rings. The second kappa shape index (κ2) is 12.9. The summed E-state index contributed by atoms with van der Waals surface area (Å²) >= 11 is 0. The molecule has 9 rings (SSSR count). The number of ether oxygens (including phenoxy) is 2. The molecule has 0 saturated carbocycles. The number of rotatable bonds is 8. The highest BCUT2D eigenvalue weighted by Gasteiger charge is 2.24. The van der Waals surface area contributed by atoms with Crippen LogP contribution >= 0.6 is 0 Å². The lowest BCUT2D eigenvalue weighted by molar-refractivity contribution is 0.414. The van der Waals surface area contributed by atoms with Gasteiger partial charge in [-0.15, -0.1) is 0 Å². The van der Waals surface area contributed by atoms with E-state index in [-0.39, 0.29) is 0 Å². The number of hydrogen-bond donors (Lipinski definition) is 2. The van der Waals surface area contributed by atoms with Crippen molar-refractivity contribution in [1.82, 2.24) is 0 Å². The Morgan fingerprint density at radius 1 is 0.415 bits per heavy atom. The number of methoxy groups -OCH3 is 2. The van der Waals surface area contributed by atoms with Crippen LogP contribution in [-0.4, -0.2) is 14.2 Å². The summed E-state index contributed by atoms with van der Waals surface area (Å²) in [5.74, 6) is 1.57. The van der Waals surface area contributed by atoms with Gasteiger partial charge in [-0.1, -0.05) is 48.5 Å². The number of benzene rings is 8. The molecule has 0 bridgehead atoms. The highest BCUT2D eigenvalue weighted by molar-refractivity contribution is 6.30. The third-order valence-corrected chi connectivity index (χ3v) is 9.89. The number of anilines is 8. The minimum absolute atomic E-state index is 0.700. The van der Waals surface area contributed by atoms with Crippen LogP contribution in [0.5, 0.6) is 11.5 Å². The SMILES string of the molecule is COc1ccc(N(c2ccc(N)cc2)c2cc3oc4cc(N(c5ccc(N)cc5)c5ccc(OC)cc5)c5ccccc5c4c3c3ccccc23)cc1. The van der Waals surface area contributed by atoms with Gasteiger partial charge in [-0.2, -0.15) is 0 Å². The van der Waals surface area contributed by atoms with E-state index < -0.39 is 0 Å². The van der Waals surface area contributed by atoms with Crippen molar-refractivity contribution in [2.45, 2.75) is 0 Å². The molecule has 0 aliphatic heterocycles. The lowest BCUT2D eigenvalue weighted by atomic mass is 9.96. The van der Waals surface area contributed by atoms with Crippen LogP contribution in [-0.2, 0) is 0 Å². The molecule has 0 amide bonds. The summed E-state index contributed by atoms with van der Waals surface area (Å²) in [6.45, 7) is 0. The predicted molar refractivity (Wildman–Crippen MR) is 220 cm³/mol. The molecule has 0 aliphatic carbocycles. The van der Waals surface area contributed by atoms with Crippen molar-refractivity contribution >= 4 is 89.0 Å². The molecule has 258 valence electrons. The fraction of sp³-hybridized carbons (Fsp3) is 0.0435. The molecule has 0 unspecified atom stereocenters. The van der Waals surface area contributed by atoms with Crippen molar-refractivity contribution < 1.29 is 13.9 Å². The molecule has 0 saturated heterocycles. The van der Waals surface area contributed by atoms with E-state index in [1.807, 2.05) is 72.8 Å². The minimum atomic E-state index is 0.700. The molecule has 1 heterocycles. The third kappa shape index (κ3) is 5.47. The van der Waals surface area contributed by atoms with E-state index in [0.717, 1.165) is 89.1 Å². The highest BCUT2D eigenvalue weighted by Crippen LogP contribution is 2.49. The van der Waals surface area contributed by atoms with Gasteiger partial charge >= 0.3 is 0 Å². The third-order valence-electron chi connectivity index (χ3n) is 9.89. The Kier molecular flexibility index (Phi) is 7.74. The van der Waals surface area contributed by atoms with Gasteiger partial charge in [0.05, 0.1) is 25.6 Å². The lowest BCUT2D eigenvalue weighted by Crippen LogP contribution is -2.10. The van der Waals surface area contributed by atoms with E-state index in [1.165, 1.54) is 0 Å². The van der Waals surface area contributed by atoms with Crippen LogP contribution in [0, 0.1) is 0 Å². The number of fused-ring (bicyclic) bond motifs is 7.